The van der Waals surface area contributed by atoms with Gasteiger partial charge < -0.3 is 110 Å². The third-order valence-corrected chi connectivity index (χ3v) is 16.6. The van der Waals surface area contributed by atoms with Gasteiger partial charge in [0, 0.05) is 83.3 Å². The van der Waals surface area contributed by atoms with Gasteiger partial charge in [0.2, 0.25) is 11.8 Å². The second-order valence-corrected chi connectivity index (χ2v) is 25.2. The van der Waals surface area contributed by atoms with Gasteiger partial charge in [0.25, 0.3) is 5.79 Å². The molecular formula is C72H92N2O33. The maximum Gasteiger partial charge on any atom is 0.366 e. The average Bonchev–Trinajstić information content (AvgIpc) is 0.744. The Morgan fingerprint density at radius 1 is 0.439 bits per heavy atom. The van der Waals surface area contributed by atoms with Gasteiger partial charge in [-0.1, -0.05) is 91.0 Å². The fraction of sp³-hybridized carbons (Fsp3) is 0.583. The third-order valence-electron chi connectivity index (χ3n) is 16.6. The molecule has 0 unspecified atom stereocenters. The second-order valence-electron chi connectivity index (χ2n) is 25.2. The Morgan fingerprint density at radius 2 is 0.897 bits per heavy atom. The largest absolute Gasteiger partial charge is 0.465 e. The van der Waals surface area contributed by atoms with Crippen LogP contribution in [-0.2, 0) is 177 Å². The van der Waals surface area contributed by atoms with Crippen molar-refractivity contribution in [2.45, 2.75) is 231 Å². The van der Waals surface area contributed by atoms with Crippen molar-refractivity contribution in [2.24, 2.45) is 0 Å². The first-order chi connectivity index (χ1) is 50.9. The molecule has 2 amide bonds. The van der Waals surface area contributed by atoms with E-state index in [2.05, 4.69) is 10.6 Å². The van der Waals surface area contributed by atoms with Crippen molar-refractivity contribution >= 4 is 71.5 Å². The first-order valence-corrected chi connectivity index (χ1v) is 34.0. The number of rotatable bonds is 34. The van der Waals surface area contributed by atoms with Crippen molar-refractivity contribution in [3.05, 3.63) is 108 Å². The Kier molecular flexibility index (Phi) is 32.4. The van der Waals surface area contributed by atoms with Gasteiger partial charge >= 0.3 is 59.7 Å². The number of nitrogens with one attached hydrogen (secondary N) is 2. The van der Waals surface area contributed by atoms with Crippen LogP contribution in [0.4, 0.5) is 0 Å². The molecule has 7 rings (SSSR count). The zero-order valence-corrected chi connectivity index (χ0v) is 61.3. The molecule has 4 aliphatic rings. The minimum Gasteiger partial charge on any atom is -0.465 e. The van der Waals surface area contributed by atoms with Crippen LogP contribution < -0.4 is 10.6 Å². The van der Waals surface area contributed by atoms with E-state index in [9.17, 15) is 52.7 Å². The summed E-state index contributed by atoms with van der Waals surface area (Å²) >= 11 is 0. The van der Waals surface area contributed by atoms with Crippen molar-refractivity contribution < 1.29 is 157 Å². The van der Waals surface area contributed by atoms with E-state index in [0.29, 0.717) is 5.56 Å². The number of ether oxygens (including phenoxy) is 21. The van der Waals surface area contributed by atoms with Crippen molar-refractivity contribution in [2.75, 3.05) is 40.6 Å². The molecule has 107 heavy (non-hydrogen) atoms. The number of hydrogen-bond acceptors (Lipinski definition) is 33. The van der Waals surface area contributed by atoms with Gasteiger partial charge in [-0.25, -0.2) is 4.79 Å². The molecular weight excluding hydrogens is 1420 g/mol. The minimum atomic E-state index is -3.22. The molecule has 0 aromatic heterocycles. The van der Waals surface area contributed by atoms with Crippen LogP contribution in [0.25, 0.3) is 0 Å². The van der Waals surface area contributed by atoms with E-state index in [1.165, 1.54) is 7.11 Å². The highest BCUT2D eigenvalue weighted by atomic mass is 16.8. The summed E-state index contributed by atoms with van der Waals surface area (Å²) in [7, 11) is 2.16. The Balaban J connectivity index is 1.41. The molecule has 0 radical (unpaired) electrons. The molecule has 0 spiro atoms. The van der Waals surface area contributed by atoms with E-state index in [0.717, 1.165) is 94.4 Å². The van der Waals surface area contributed by atoms with Gasteiger partial charge in [0.1, 0.15) is 86.9 Å². The van der Waals surface area contributed by atoms with Crippen LogP contribution in [0.2, 0.25) is 0 Å². The summed E-state index contributed by atoms with van der Waals surface area (Å²) in [4.78, 5) is 161. The highest BCUT2D eigenvalue weighted by molar-refractivity contribution is 5.79. The zero-order valence-electron chi connectivity index (χ0n) is 61.3. The van der Waals surface area contributed by atoms with Crippen LogP contribution in [0.1, 0.15) is 99.3 Å². The first kappa shape index (κ1) is 85.1. The van der Waals surface area contributed by atoms with Gasteiger partial charge in [-0.15, -0.1) is 0 Å². The molecule has 0 bridgehead atoms. The third kappa shape index (κ3) is 25.0. The molecule has 588 valence electrons. The molecule has 0 aliphatic carbocycles. The molecule has 35 heteroatoms. The monoisotopic (exact) mass is 1510 g/mol. The summed E-state index contributed by atoms with van der Waals surface area (Å²) in [5.74, 6) is -16.0. The van der Waals surface area contributed by atoms with E-state index < -0.39 is 226 Å². The number of methoxy groups -OCH3 is 2. The smallest absolute Gasteiger partial charge is 0.366 e. The first-order valence-electron chi connectivity index (χ1n) is 34.0. The quantitative estimate of drug-likeness (QED) is 0.0640. The topological polar surface area (TPSA) is 423 Å². The Labute approximate surface area is 616 Å². The second kappa shape index (κ2) is 40.7. The number of esters is 10. The van der Waals surface area contributed by atoms with E-state index in [4.69, 9.17) is 99.5 Å². The number of carbonyl (C=O) groups is 12. The standard InChI is InChI=1S/C72H92N2O33/c1-37(75)73-56-51(95-42(6)80)29-72(71(86)88-13,106-63(56)60(97-44(8)82)53(96-43(7)81)34-90-39(3)77)107-65-61(98-45(9)83)55(36-92-41(5)79)103-70(67(65)100-47(11)85)104-59-54(35-91-40(4)78)101-68(57(74-38(2)76)62(59)99-46(10)84)105-66-64(94-32-50-27-21-16-22-28-50)58(93-31-49-25-19-15-20-26-49)52(102-69(66)87-12)33-89-30-48-23-17-14-18-24-48/h14-28,51-70H,29-36H2,1-13H3,(H,73,75)(H,74,76)/t51-,52+,53+,54+,55+,56+,57+,58+,59+,60+,61-,62+,63+,64-,65-,66-,67+,68-,69+,70-,72-/m0/s1. The zero-order chi connectivity index (χ0) is 78.2. The summed E-state index contributed by atoms with van der Waals surface area (Å²) in [5.41, 5.74) is 2.31. The normalized spacial score (nSPS) is 28.8. The van der Waals surface area contributed by atoms with Gasteiger partial charge in [0.05, 0.1) is 46.0 Å². The van der Waals surface area contributed by atoms with Crippen LogP contribution in [-0.4, -0.2) is 240 Å². The molecule has 3 aromatic rings. The van der Waals surface area contributed by atoms with Crippen molar-refractivity contribution in [3.8, 4) is 0 Å². The Bertz CT molecular complexity index is 3500. The molecule has 2 N–H and O–H groups in total. The highest BCUT2D eigenvalue weighted by Gasteiger charge is 2.65. The molecule has 4 heterocycles. The van der Waals surface area contributed by atoms with E-state index >= 15 is 4.79 Å². The average molecular weight is 1510 g/mol. The Morgan fingerprint density at radius 3 is 1.39 bits per heavy atom. The summed E-state index contributed by atoms with van der Waals surface area (Å²) < 4.78 is 130. The van der Waals surface area contributed by atoms with Crippen LogP contribution in [0.3, 0.4) is 0 Å². The maximum atomic E-state index is 15.1. The lowest BCUT2D eigenvalue weighted by Gasteiger charge is -2.53. The van der Waals surface area contributed by atoms with Gasteiger partial charge in [-0.05, 0) is 16.7 Å². The Hall–Kier alpha value is -9.14. The minimum absolute atomic E-state index is 0.00237. The van der Waals surface area contributed by atoms with Gasteiger partial charge in [-0.3, -0.25) is 52.7 Å². The lowest BCUT2D eigenvalue weighted by atomic mass is 9.87. The molecule has 21 atom stereocenters. The number of amides is 2. The van der Waals surface area contributed by atoms with Crippen molar-refractivity contribution in [1.82, 2.24) is 10.6 Å². The maximum absolute atomic E-state index is 15.1. The van der Waals surface area contributed by atoms with E-state index in [1.54, 1.807) is 12.1 Å². The summed E-state index contributed by atoms with van der Waals surface area (Å²) in [6.45, 7) is 8.05. The van der Waals surface area contributed by atoms with Crippen LogP contribution in [0.15, 0.2) is 91.0 Å². The molecule has 4 aliphatic heterocycles. The molecule has 3 aromatic carbocycles. The number of benzene rings is 3. The predicted octanol–water partition coefficient (Wildman–Crippen LogP) is 2.30. The van der Waals surface area contributed by atoms with Crippen LogP contribution in [0, 0.1) is 0 Å². The van der Waals surface area contributed by atoms with Crippen molar-refractivity contribution in [3.63, 3.8) is 0 Å². The molecule has 4 saturated heterocycles. The van der Waals surface area contributed by atoms with Crippen LogP contribution >= 0.6 is 0 Å². The number of carbonyl (C=O) groups excluding carboxylic acids is 12. The number of hydrogen-bond donors (Lipinski definition) is 2. The molecule has 35 nitrogen and oxygen atoms in total. The van der Waals surface area contributed by atoms with E-state index in [1.807, 2.05) is 78.9 Å². The van der Waals surface area contributed by atoms with Gasteiger partial charge in [0.15, 0.2) is 49.4 Å². The SMILES string of the molecule is COC(=O)[C@@]1(O[C@H]2[C@@H](OC(C)=O)[C@@H](COC(C)=O)O[C@@H](O[C@H]3[C@H](OC(C)=O)[C@@H](NC(C)=O)[C@H](O[C@@H]4[C@H](OC)O[C@H](COCc5ccccc5)[C@@H](OCc5ccccc5)[C@@H]4OCc4ccccc4)O[C@@H]3COC(C)=O)[C@@H]2OC(C)=O)C[C@H](OC(C)=O)[C@@H](NC(C)=O)[C@H]([C@H](OC(C)=O)[C@@H](COC(C)=O)OC(C)=O)O1. The fourth-order valence-electron chi connectivity index (χ4n) is 12.5. The summed E-state index contributed by atoms with van der Waals surface area (Å²) in [5, 5.41) is 5.26. The molecule has 0 saturated carbocycles. The fourth-order valence-corrected chi connectivity index (χ4v) is 12.5. The highest BCUT2D eigenvalue weighted by Crippen LogP contribution is 2.43. The van der Waals surface area contributed by atoms with Crippen molar-refractivity contribution in [1.29, 1.82) is 0 Å². The lowest BCUT2D eigenvalue weighted by Crippen LogP contribution is -2.72. The van der Waals surface area contributed by atoms with Gasteiger partial charge in [-0.2, -0.15) is 0 Å². The molecule has 4 fully saturated rings. The van der Waals surface area contributed by atoms with Crippen LogP contribution in [0.5, 0.6) is 0 Å². The summed E-state index contributed by atoms with van der Waals surface area (Å²) in [6, 6.07) is 24.1. The van der Waals surface area contributed by atoms with E-state index in [-0.39, 0.29) is 26.4 Å². The predicted molar refractivity (Wildman–Crippen MR) is 356 cm³/mol. The summed E-state index contributed by atoms with van der Waals surface area (Å²) in [6.07, 6.45) is -33.7. The lowest BCUT2D eigenvalue weighted by molar-refractivity contribution is -0.390.